The van der Waals surface area contributed by atoms with Gasteiger partial charge in [-0.25, -0.2) is 17.8 Å². The second kappa shape index (κ2) is 7.72. The summed E-state index contributed by atoms with van der Waals surface area (Å²) in [5, 5.41) is 11.6. The molecule has 0 saturated carbocycles. The molecule has 1 aromatic heterocycles. The number of carbonyl (C=O) groups excluding carboxylic acids is 2. The average Bonchev–Trinajstić information content (AvgIpc) is 2.97. The fourth-order valence-corrected chi connectivity index (χ4v) is 2.83. The summed E-state index contributed by atoms with van der Waals surface area (Å²) in [5.74, 6) is -1.04. The first kappa shape index (κ1) is 18.4. The van der Waals surface area contributed by atoms with E-state index in [0.29, 0.717) is 5.69 Å². The zero-order valence-corrected chi connectivity index (χ0v) is 14.0. The maximum atomic E-state index is 12.1. The van der Waals surface area contributed by atoms with Crippen molar-refractivity contribution in [1.29, 1.82) is 0 Å². The van der Waals surface area contributed by atoms with E-state index < -0.39 is 15.9 Å². The molecule has 0 aliphatic carbocycles. The molecule has 0 saturated heterocycles. The highest BCUT2D eigenvalue weighted by Crippen LogP contribution is 2.13. The van der Waals surface area contributed by atoms with Crippen LogP contribution >= 0.6 is 0 Å². The summed E-state index contributed by atoms with van der Waals surface area (Å²) in [6.07, 6.45) is 0. The molecule has 2 aromatic rings. The molecule has 134 valence electrons. The molecule has 0 bridgehead atoms. The van der Waals surface area contributed by atoms with Crippen LogP contribution in [0.1, 0.15) is 17.4 Å². The van der Waals surface area contributed by atoms with Gasteiger partial charge in [0.05, 0.1) is 4.90 Å². The van der Waals surface area contributed by atoms with Crippen LogP contribution in [0.15, 0.2) is 33.8 Å². The van der Waals surface area contributed by atoms with Crippen LogP contribution in [0.5, 0.6) is 0 Å². The number of hydrogen-bond acceptors (Lipinski definition) is 8. The standard InChI is InChI=1S/C13H16N6O5S/c1-8(20)17-9-2-4-10(5-3-9)25(22,23)16-7-6-15-13(21)11-12(14)19-24-18-11/h2-5,16H,6-7H2,1H3,(H2,14,19)(H,15,21)(H,17,20). The van der Waals surface area contributed by atoms with E-state index in [2.05, 4.69) is 30.3 Å². The molecule has 1 heterocycles. The third-order valence-electron chi connectivity index (χ3n) is 2.92. The van der Waals surface area contributed by atoms with Crippen molar-refractivity contribution in [3.05, 3.63) is 30.0 Å². The Morgan fingerprint density at radius 1 is 1.16 bits per heavy atom. The van der Waals surface area contributed by atoms with Crippen LogP contribution in [0.2, 0.25) is 0 Å². The summed E-state index contributed by atoms with van der Waals surface area (Å²) >= 11 is 0. The molecule has 0 unspecified atom stereocenters. The Bertz CT molecular complexity index is 861. The van der Waals surface area contributed by atoms with E-state index in [-0.39, 0.29) is 35.4 Å². The Kier molecular flexibility index (Phi) is 5.67. The van der Waals surface area contributed by atoms with E-state index in [9.17, 15) is 18.0 Å². The van der Waals surface area contributed by atoms with Crippen LogP contribution < -0.4 is 21.1 Å². The van der Waals surface area contributed by atoms with Crippen LogP contribution in [0.25, 0.3) is 0 Å². The van der Waals surface area contributed by atoms with Crippen LogP contribution in [-0.2, 0) is 14.8 Å². The lowest BCUT2D eigenvalue weighted by Gasteiger charge is -2.08. The first-order valence-corrected chi connectivity index (χ1v) is 8.51. The lowest BCUT2D eigenvalue weighted by atomic mass is 10.3. The Morgan fingerprint density at radius 2 is 1.84 bits per heavy atom. The van der Waals surface area contributed by atoms with Gasteiger partial charge in [-0.3, -0.25) is 9.59 Å². The number of carbonyl (C=O) groups is 2. The van der Waals surface area contributed by atoms with Crippen molar-refractivity contribution < 1.29 is 22.6 Å². The SMILES string of the molecule is CC(=O)Nc1ccc(S(=O)(=O)NCCNC(=O)c2nonc2N)cc1. The number of nitrogens with one attached hydrogen (secondary N) is 3. The minimum absolute atomic E-state index is 0.00827. The molecule has 1 aromatic carbocycles. The van der Waals surface area contributed by atoms with Gasteiger partial charge in [-0.1, -0.05) is 0 Å². The van der Waals surface area contributed by atoms with Crippen LogP contribution in [0, 0.1) is 0 Å². The Hall–Kier alpha value is -2.99. The molecule has 0 aliphatic rings. The number of aromatic nitrogens is 2. The molecule has 0 fully saturated rings. The molecule has 2 rings (SSSR count). The predicted octanol–water partition coefficient (Wildman–Crippen LogP) is -0.681. The first-order valence-electron chi connectivity index (χ1n) is 7.03. The van der Waals surface area contributed by atoms with Crippen molar-refractivity contribution in [2.75, 3.05) is 24.1 Å². The van der Waals surface area contributed by atoms with E-state index in [1.807, 2.05) is 0 Å². The largest absolute Gasteiger partial charge is 0.379 e. The first-order chi connectivity index (χ1) is 11.8. The smallest absolute Gasteiger partial charge is 0.277 e. The number of amides is 2. The predicted molar refractivity (Wildman–Crippen MR) is 87.0 cm³/mol. The monoisotopic (exact) mass is 368 g/mol. The number of benzene rings is 1. The lowest BCUT2D eigenvalue weighted by molar-refractivity contribution is -0.114. The fourth-order valence-electron chi connectivity index (χ4n) is 1.80. The number of nitrogens with two attached hydrogens (primary N) is 1. The fraction of sp³-hybridized carbons (Fsp3) is 0.231. The number of sulfonamides is 1. The topological polar surface area (TPSA) is 169 Å². The summed E-state index contributed by atoms with van der Waals surface area (Å²) in [6, 6.07) is 5.65. The normalized spacial score (nSPS) is 11.1. The van der Waals surface area contributed by atoms with Crippen molar-refractivity contribution in [3.8, 4) is 0 Å². The van der Waals surface area contributed by atoms with Crippen molar-refractivity contribution in [3.63, 3.8) is 0 Å². The van der Waals surface area contributed by atoms with Crippen molar-refractivity contribution in [1.82, 2.24) is 20.4 Å². The Labute approximate surface area is 143 Å². The highest BCUT2D eigenvalue weighted by atomic mass is 32.2. The molecule has 0 spiro atoms. The second-order valence-corrected chi connectivity index (χ2v) is 6.62. The number of nitrogen functional groups attached to an aromatic ring is 1. The van der Waals surface area contributed by atoms with E-state index in [1.54, 1.807) is 0 Å². The Balaban J connectivity index is 1.86. The zero-order valence-electron chi connectivity index (χ0n) is 13.1. The minimum atomic E-state index is -3.75. The maximum absolute atomic E-state index is 12.1. The summed E-state index contributed by atoms with van der Waals surface area (Å²) in [4.78, 5) is 22.6. The molecule has 12 heteroatoms. The van der Waals surface area contributed by atoms with Gasteiger partial charge in [0.2, 0.25) is 27.4 Å². The van der Waals surface area contributed by atoms with E-state index in [0.717, 1.165) is 0 Å². The summed E-state index contributed by atoms with van der Waals surface area (Å²) < 4.78 is 30.9. The third kappa shape index (κ3) is 4.99. The maximum Gasteiger partial charge on any atom is 0.277 e. The van der Waals surface area contributed by atoms with Crippen LogP contribution in [0.4, 0.5) is 11.5 Å². The van der Waals surface area contributed by atoms with Gasteiger partial charge in [0.15, 0.2) is 0 Å². The third-order valence-corrected chi connectivity index (χ3v) is 4.39. The molecule has 11 nitrogen and oxygen atoms in total. The molecular formula is C13H16N6O5S. The summed E-state index contributed by atoms with van der Waals surface area (Å²) in [6.45, 7) is 1.31. The van der Waals surface area contributed by atoms with Crippen LogP contribution in [-0.4, -0.2) is 43.6 Å². The number of hydrogen-bond donors (Lipinski definition) is 4. The van der Waals surface area contributed by atoms with Gasteiger partial charge in [-0.2, -0.15) is 0 Å². The van der Waals surface area contributed by atoms with Gasteiger partial charge < -0.3 is 16.4 Å². The summed E-state index contributed by atoms with van der Waals surface area (Å²) in [7, 11) is -3.75. The average molecular weight is 368 g/mol. The van der Waals surface area contributed by atoms with Gasteiger partial charge in [-0.05, 0) is 34.6 Å². The van der Waals surface area contributed by atoms with Gasteiger partial charge in [0, 0.05) is 25.7 Å². The Morgan fingerprint density at radius 3 is 2.40 bits per heavy atom. The quantitative estimate of drug-likeness (QED) is 0.466. The summed E-state index contributed by atoms with van der Waals surface area (Å²) in [5.41, 5.74) is 5.68. The van der Waals surface area contributed by atoms with E-state index in [4.69, 9.17) is 5.73 Å². The molecule has 0 aliphatic heterocycles. The van der Waals surface area contributed by atoms with Crippen molar-refractivity contribution in [2.45, 2.75) is 11.8 Å². The lowest BCUT2D eigenvalue weighted by Crippen LogP contribution is -2.35. The highest BCUT2D eigenvalue weighted by molar-refractivity contribution is 7.89. The van der Waals surface area contributed by atoms with Gasteiger partial charge in [-0.15, -0.1) is 0 Å². The van der Waals surface area contributed by atoms with Gasteiger partial charge in [0.25, 0.3) is 5.91 Å². The van der Waals surface area contributed by atoms with Gasteiger partial charge >= 0.3 is 0 Å². The highest BCUT2D eigenvalue weighted by Gasteiger charge is 2.16. The molecule has 0 radical (unpaired) electrons. The minimum Gasteiger partial charge on any atom is -0.379 e. The van der Waals surface area contributed by atoms with E-state index in [1.165, 1.54) is 31.2 Å². The van der Waals surface area contributed by atoms with Crippen molar-refractivity contribution in [2.24, 2.45) is 0 Å². The number of rotatable bonds is 7. The number of anilines is 2. The van der Waals surface area contributed by atoms with Crippen molar-refractivity contribution >= 4 is 33.3 Å². The number of nitrogens with zero attached hydrogens (tertiary/aromatic N) is 2. The van der Waals surface area contributed by atoms with Crippen LogP contribution in [0.3, 0.4) is 0 Å². The van der Waals surface area contributed by atoms with E-state index >= 15 is 0 Å². The molecular weight excluding hydrogens is 352 g/mol. The second-order valence-electron chi connectivity index (χ2n) is 4.86. The van der Waals surface area contributed by atoms with Gasteiger partial charge in [0.1, 0.15) is 0 Å². The molecule has 0 atom stereocenters. The molecule has 5 N–H and O–H groups in total. The molecule has 25 heavy (non-hydrogen) atoms. The molecule has 2 amide bonds. The zero-order chi connectivity index (χ0) is 18.4.